The number of amides is 2. The Labute approximate surface area is 190 Å². The number of carbonyl (C=O) groups is 2. The molecule has 3 heterocycles. The van der Waals surface area contributed by atoms with Crippen LogP contribution in [-0.4, -0.2) is 50.7 Å². The van der Waals surface area contributed by atoms with Crippen LogP contribution in [0.5, 0.6) is 0 Å². The van der Waals surface area contributed by atoms with E-state index in [0.717, 1.165) is 21.7 Å². The van der Waals surface area contributed by atoms with Crippen molar-refractivity contribution in [1.29, 1.82) is 0 Å². The van der Waals surface area contributed by atoms with E-state index in [1.54, 1.807) is 31.3 Å². The summed E-state index contributed by atoms with van der Waals surface area (Å²) in [5.74, 6) is -0.677. The Kier molecular flexibility index (Phi) is 6.38. The van der Waals surface area contributed by atoms with Crippen LogP contribution < -0.4 is 5.32 Å². The van der Waals surface area contributed by atoms with Crippen molar-refractivity contribution in [3.05, 3.63) is 58.6 Å². The number of thiazole rings is 1. The summed E-state index contributed by atoms with van der Waals surface area (Å²) < 4.78 is 5.21. The number of nitrogens with one attached hydrogen (secondary N) is 1. The predicted octanol–water partition coefficient (Wildman–Crippen LogP) is 2.80. The van der Waals surface area contributed by atoms with Gasteiger partial charge in [0, 0.05) is 25.6 Å². The van der Waals surface area contributed by atoms with Gasteiger partial charge in [0.25, 0.3) is 0 Å². The average Bonchev–Trinajstić information content (AvgIpc) is 3.51. The van der Waals surface area contributed by atoms with Gasteiger partial charge in [0.15, 0.2) is 0 Å². The summed E-state index contributed by atoms with van der Waals surface area (Å²) in [5, 5.41) is 16.9. The van der Waals surface area contributed by atoms with Gasteiger partial charge in [0.2, 0.25) is 11.8 Å². The molecule has 8 nitrogen and oxygen atoms in total. The van der Waals surface area contributed by atoms with E-state index in [1.165, 1.54) is 4.90 Å². The third kappa shape index (κ3) is 4.58. The van der Waals surface area contributed by atoms with Crippen LogP contribution in [0.25, 0.3) is 10.4 Å². The zero-order chi connectivity index (χ0) is 22.8. The summed E-state index contributed by atoms with van der Waals surface area (Å²) in [6.45, 7) is 5.94. The van der Waals surface area contributed by atoms with Crippen LogP contribution in [0.2, 0.25) is 0 Å². The molecule has 1 aliphatic rings. The van der Waals surface area contributed by atoms with Crippen LogP contribution in [-0.2, 0) is 16.1 Å². The number of carbonyl (C=O) groups excluding carboxylic acids is 2. The van der Waals surface area contributed by atoms with Crippen molar-refractivity contribution < 1.29 is 19.2 Å². The Balaban J connectivity index is 1.39. The zero-order valence-electron chi connectivity index (χ0n) is 18.2. The Morgan fingerprint density at radius 2 is 2.06 bits per heavy atom. The maximum atomic E-state index is 13.0. The number of aliphatic hydroxyl groups excluding tert-OH is 1. The van der Waals surface area contributed by atoms with Crippen molar-refractivity contribution in [2.75, 3.05) is 6.54 Å². The van der Waals surface area contributed by atoms with Gasteiger partial charge >= 0.3 is 0 Å². The first-order valence-electron chi connectivity index (χ1n) is 10.5. The number of rotatable bonds is 6. The average molecular weight is 455 g/mol. The maximum Gasteiger partial charge on any atom is 0.243 e. The molecule has 0 spiro atoms. The van der Waals surface area contributed by atoms with Crippen LogP contribution in [0.15, 0.2) is 40.4 Å². The molecule has 0 aliphatic carbocycles. The summed E-state index contributed by atoms with van der Waals surface area (Å²) >= 11 is 1.60. The molecule has 1 saturated heterocycles. The normalized spacial score (nSPS) is 19.2. The van der Waals surface area contributed by atoms with E-state index in [4.69, 9.17) is 4.52 Å². The molecule has 3 atom stereocenters. The molecule has 3 unspecified atom stereocenters. The first-order chi connectivity index (χ1) is 15.3. The molecule has 0 bridgehead atoms. The monoisotopic (exact) mass is 454 g/mol. The van der Waals surface area contributed by atoms with Gasteiger partial charge in [-0.15, -0.1) is 11.3 Å². The minimum atomic E-state index is -0.736. The Bertz CT molecular complexity index is 1110. The summed E-state index contributed by atoms with van der Waals surface area (Å²) in [4.78, 5) is 32.7. The molecule has 1 aromatic carbocycles. The first-order valence-corrected chi connectivity index (χ1v) is 11.4. The van der Waals surface area contributed by atoms with E-state index in [9.17, 15) is 14.7 Å². The van der Waals surface area contributed by atoms with Crippen molar-refractivity contribution in [1.82, 2.24) is 20.4 Å². The number of β-amino-alcohol motifs (C(OH)–C–C–N with tert-alkyl or cyclic N) is 1. The van der Waals surface area contributed by atoms with Gasteiger partial charge in [-0.05, 0) is 31.9 Å². The van der Waals surface area contributed by atoms with Crippen molar-refractivity contribution in [3.63, 3.8) is 0 Å². The smallest absolute Gasteiger partial charge is 0.243 e. The number of hydrogen-bond acceptors (Lipinski definition) is 7. The zero-order valence-corrected chi connectivity index (χ0v) is 19.1. The summed E-state index contributed by atoms with van der Waals surface area (Å²) in [5.41, 5.74) is 5.55. The van der Waals surface area contributed by atoms with E-state index < -0.39 is 18.1 Å². The van der Waals surface area contributed by atoms with Gasteiger partial charge in [-0.25, -0.2) is 4.98 Å². The van der Waals surface area contributed by atoms with Crippen molar-refractivity contribution in [2.45, 2.75) is 51.8 Å². The summed E-state index contributed by atoms with van der Waals surface area (Å²) in [7, 11) is 0. The Morgan fingerprint density at radius 3 is 2.69 bits per heavy atom. The van der Waals surface area contributed by atoms with E-state index in [0.29, 0.717) is 18.0 Å². The summed E-state index contributed by atoms with van der Waals surface area (Å²) in [6.07, 6.45) is -0.524. The fraction of sp³-hybridized carbons (Fsp3) is 0.391. The van der Waals surface area contributed by atoms with Crippen LogP contribution in [0.1, 0.15) is 42.0 Å². The van der Waals surface area contributed by atoms with Crippen molar-refractivity contribution in [2.24, 2.45) is 0 Å². The lowest BCUT2D eigenvalue weighted by molar-refractivity contribution is -0.139. The van der Waals surface area contributed by atoms with Crippen LogP contribution in [0, 0.1) is 13.8 Å². The van der Waals surface area contributed by atoms with Gasteiger partial charge < -0.3 is 19.8 Å². The molecule has 168 valence electrons. The largest absolute Gasteiger partial charge is 0.391 e. The highest BCUT2D eigenvalue weighted by Crippen LogP contribution is 2.28. The van der Waals surface area contributed by atoms with Gasteiger partial charge in [-0.2, -0.15) is 0 Å². The first kappa shape index (κ1) is 22.2. The fourth-order valence-electron chi connectivity index (χ4n) is 3.92. The van der Waals surface area contributed by atoms with E-state index >= 15 is 0 Å². The van der Waals surface area contributed by atoms with Crippen LogP contribution in [0.4, 0.5) is 0 Å². The maximum absolute atomic E-state index is 13.0. The molecule has 4 rings (SSSR count). The molecule has 2 N–H and O–H groups in total. The molecule has 9 heteroatoms. The van der Waals surface area contributed by atoms with E-state index in [1.807, 2.05) is 36.7 Å². The Hall–Kier alpha value is -3.04. The van der Waals surface area contributed by atoms with Crippen LogP contribution >= 0.6 is 11.3 Å². The quantitative estimate of drug-likeness (QED) is 0.593. The van der Waals surface area contributed by atoms with Crippen molar-refractivity contribution in [3.8, 4) is 10.4 Å². The van der Waals surface area contributed by atoms with Crippen LogP contribution in [0.3, 0.4) is 0 Å². The molecule has 0 radical (unpaired) electrons. The third-order valence-corrected chi connectivity index (χ3v) is 6.71. The Morgan fingerprint density at radius 1 is 1.31 bits per heavy atom. The molecule has 1 aliphatic heterocycles. The molecule has 2 amide bonds. The second kappa shape index (κ2) is 9.22. The van der Waals surface area contributed by atoms with E-state index in [-0.39, 0.29) is 24.8 Å². The molecule has 3 aromatic rings. The van der Waals surface area contributed by atoms with Gasteiger partial charge in [-0.3, -0.25) is 9.59 Å². The number of likely N-dealkylation sites (tertiary alicyclic amines) is 1. The second-order valence-electron chi connectivity index (χ2n) is 8.17. The highest BCUT2D eigenvalue weighted by atomic mass is 32.1. The lowest BCUT2D eigenvalue weighted by Crippen LogP contribution is -2.47. The number of nitrogens with zero attached hydrogens (tertiary/aromatic N) is 3. The molecule has 2 aromatic heterocycles. The lowest BCUT2D eigenvalue weighted by Gasteiger charge is -2.25. The minimum Gasteiger partial charge on any atom is -0.391 e. The predicted molar refractivity (Wildman–Crippen MR) is 120 cm³/mol. The molecule has 0 saturated carbocycles. The number of aromatic nitrogens is 2. The van der Waals surface area contributed by atoms with E-state index in [2.05, 4.69) is 15.5 Å². The topological polar surface area (TPSA) is 109 Å². The fourth-order valence-corrected chi connectivity index (χ4v) is 4.74. The lowest BCUT2D eigenvalue weighted by atomic mass is 10.1. The molecular weight excluding hydrogens is 428 g/mol. The SMILES string of the molecule is Cc1cc(C(C)C(=O)N2CC(O)CC2C(=O)NCc2ccc(-c3scnc3C)cc2)on1. The number of aliphatic hydroxyl groups is 1. The van der Waals surface area contributed by atoms with Gasteiger partial charge in [0.1, 0.15) is 11.8 Å². The standard InChI is InChI=1S/C23H26N4O4S/c1-13-8-20(31-26-13)14(2)23(30)27-11-18(28)9-19(27)22(29)24-10-16-4-6-17(7-5-16)21-15(3)25-12-32-21/h4-8,12,14,18-19,28H,9-11H2,1-3H3,(H,24,29). The number of benzene rings is 1. The second-order valence-corrected chi connectivity index (χ2v) is 9.02. The number of aryl methyl sites for hydroxylation is 2. The molecular formula is C23H26N4O4S. The van der Waals surface area contributed by atoms with Crippen molar-refractivity contribution >= 4 is 23.2 Å². The molecule has 32 heavy (non-hydrogen) atoms. The molecule has 1 fully saturated rings. The number of hydrogen-bond donors (Lipinski definition) is 2. The highest BCUT2D eigenvalue weighted by Gasteiger charge is 2.41. The van der Waals surface area contributed by atoms with Gasteiger partial charge in [-0.1, -0.05) is 29.4 Å². The summed E-state index contributed by atoms with van der Waals surface area (Å²) in [6, 6.07) is 8.95. The minimum absolute atomic E-state index is 0.122. The highest BCUT2D eigenvalue weighted by molar-refractivity contribution is 7.13. The van der Waals surface area contributed by atoms with Gasteiger partial charge in [0.05, 0.1) is 33.8 Å². The third-order valence-electron chi connectivity index (χ3n) is 5.74.